The molecule has 3 aliphatic carbocycles. The van der Waals surface area contributed by atoms with Crippen LogP contribution in [-0.4, -0.2) is 23.0 Å². The highest BCUT2D eigenvalue weighted by atomic mass is 32.1. The molecule has 0 atom stereocenters. The number of ketones is 2. The summed E-state index contributed by atoms with van der Waals surface area (Å²) in [6.45, 7) is 20.6. The molecule has 0 radical (unpaired) electrons. The van der Waals surface area contributed by atoms with Crippen LogP contribution >= 0.6 is 22.7 Å². The van der Waals surface area contributed by atoms with E-state index in [2.05, 4.69) is 19.7 Å². The number of carbonyl (C=O) groups excluding carboxylic acids is 2. The number of Topliss-reactive ketones (excluding diaryl/α,β-unsaturated/α-hetero) is 2. The number of nitrogens with zero attached hydrogens (tertiary/aromatic N) is 6. The summed E-state index contributed by atoms with van der Waals surface area (Å²) in [6.07, 6.45) is 1.30. The van der Waals surface area contributed by atoms with Crippen molar-refractivity contribution in [1.29, 1.82) is 10.5 Å². The van der Waals surface area contributed by atoms with E-state index in [1.807, 2.05) is 32.0 Å². The monoisotopic (exact) mass is 712 g/mol. The smallest absolute Gasteiger partial charge is 0.271 e. The predicted molar refractivity (Wildman–Crippen MR) is 188 cm³/mol. The van der Waals surface area contributed by atoms with Crippen molar-refractivity contribution in [3.8, 4) is 21.9 Å². The zero-order chi connectivity index (χ0) is 36.5. The molecule has 0 N–H and O–H groups in total. The van der Waals surface area contributed by atoms with Crippen molar-refractivity contribution in [3.63, 3.8) is 0 Å². The Morgan fingerprint density at radius 1 is 0.725 bits per heavy atom. The van der Waals surface area contributed by atoms with Crippen LogP contribution in [0.4, 0.5) is 23.2 Å². The molecule has 0 unspecified atom stereocenters. The molecular weight excluding hydrogens is 694 g/mol. The van der Waals surface area contributed by atoms with Gasteiger partial charge in [0.1, 0.15) is 27.2 Å². The van der Waals surface area contributed by atoms with Gasteiger partial charge in [0.2, 0.25) is 11.6 Å². The van der Waals surface area contributed by atoms with Crippen LogP contribution in [0.2, 0.25) is 0 Å². The second-order valence-corrected chi connectivity index (χ2v) is 13.9. The van der Waals surface area contributed by atoms with E-state index in [9.17, 15) is 33.3 Å². The fourth-order valence-corrected chi connectivity index (χ4v) is 9.44. The number of nitriles is 2. The van der Waals surface area contributed by atoms with Gasteiger partial charge in [-0.1, -0.05) is 13.8 Å². The molecule has 0 spiro atoms. The molecule has 0 saturated heterocycles. The standard InChI is InChI=1S/C38H19F3N6O2S2/c1-6-38(7-2)21-12-28(46-32-30(26(14-42)44-4)17-8-16(3)23(39)10-19(17)34(32)48)50-36(21)37-22(38)13-29(51-37)47-33-31(27(15-43)45-5)18-9-24(40)25(41)11-20(18)35(33)49/h8-13H,6-7H2,1-3H3/b30-26?,31-27+,46-32?,47-33?. The van der Waals surface area contributed by atoms with Crippen molar-refractivity contribution in [2.75, 3.05) is 0 Å². The van der Waals surface area contributed by atoms with Crippen molar-refractivity contribution in [3.05, 3.63) is 127 Å². The predicted octanol–water partition coefficient (Wildman–Crippen LogP) is 9.87. The first-order valence-electron chi connectivity index (χ1n) is 15.4. The minimum Gasteiger partial charge on any atom is -0.287 e. The van der Waals surface area contributed by atoms with Gasteiger partial charge in [0.05, 0.1) is 35.0 Å². The Morgan fingerprint density at radius 3 is 1.55 bits per heavy atom. The van der Waals surface area contributed by atoms with Gasteiger partial charge in [-0.05, 0) is 84.0 Å². The third-order valence-electron chi connectivity index (χ3n) is 9.53. The van der Waals surface area contributed by atoms with Gasteiger partial charge in [-0.3, -0.25) is 9.59 Å². The average Bonchev–Trinajstić information content (AvgIpc) is 3.89. The Kier molecular flexibility index (Phi) is 7.80. The Balaban J connectivity index is 1.38. The molecule has 51 heavy (non-hydrogen) atoms. The second-order valence-electron chi connectivity index (χ2n) is 11.9. The first-order chi connectivity index (χ1) is 24.5. The van der Waals surface area contributed by atoms with Crippen molar-refractivity contribution >= 4 is 66.8 Å². The molecule has 0 fully saturated rings. The normalized spacial score (nSPS) is 18.5. The largest absolute Gasteiger partial charge is 0.287 e. The summed E-state index contributed by atoms with van der Waals surface area (Å²) in [4.78, 5) is 44.6. The lowest BCUT2D eigenvalue weighted by molar-refractivity contribution is 0.106. The summed E-state index contributed by atoms with van der Waals surface area (Å²) < 4.78 is 43.0. The van der Waals surface area contributed by atoms with Crippen LogP contribution in [0.1, 0.15) is 75.2 Å². The summed E-state index contributed by atoms with van der Waals surface area (Å²) >= 11 is 2.54. The van der Waals surface area contributed by atoms with Crippen LogP contribution < -0.4 is 0 Å². The van der Waals surface area contributed by atoms with E-state index < -0.39 is 40.1 Å². The third kappa shape index (κ3) is 4.67. The summed E-state index contributed by atoms with van der Waals surface area (Å²) in [5.41, 5.74) is 0.315. The van der Waals surface area contributed by atoms with Crippen LogP contribution in [-0.2, 0) is 5.41 Å². The first kappa shape index (κ1) is 33.3. The lowest BCUT2D eigenvalue weighted by atomic mass is 9.75. The molecule has 7 rings (SSSR count). The zero-order valence-electron chi connectivity index (χ0n) is 26.8. The zero-order valence-corrected chi connectivity index (χ0v) is 28.5. The van der Waals surface area contributed by atoms with E-state index in [1.165, 1.54) is 35.7 Å². The van der Waals surface area contributed by atoms with Crippen LogP contribution in [0.5, 0.6) is 0 Å². The summed E-state index contributed by atoms with van der Waals surface area (Å²) in [6, 6.07) is 11.4. The number of aliphatic imine (C=N–C) groups is 2. The number of fused-ring (bicyclic) bond motifs is 5. The maximum absolute atomic E-state index is 14.5. The molecule has 2 aromatic heterocycles. The molecule has 13 heteroatoms. The second kappa shape index (κ2) is 12.0. The molecule has 8 nitrogen and oxygen atoms in total. The quantitative estimate of drug-likeness (QED) is 0.155. The number of thiophene rings is 2. The Morgan fingerprint density at radius 2 is 1.14 bits per heavy atom. The van der Waals surface area contributed by atoms with Gasteiger partial charge >= 0.3 is 0 Å². The Labute approximate surface area is 297 Å². The highest BCUT2D eigenvalue weighted by Crippen LogP contribution is 2.61. The SMILES string of the molecule is [C-]#[N+]C(C#N)=C1C(=Nc2cc3c(s2)-c2sc(N=C4C(=O)c5cc(F)c(F)cc5/C4=C(/C#N)[N+]#[C-])cc2C3(CC)CC)C(=O)c2cc(F)c(C)cc21. The molecular formula is C38H19F3N6O2S2. The fraction of sp³-hybridized carbons (Fsp3) is 0.158. The lowest BCUT2D eigenvalue weighted by Crippen LogP contribution is -2.22. The molecule has 2 aromatic carbocycles. The topological polar surface area (TPSA) is 115 Å². The summed E-state index contributed by atoms with van der Waals surface area (Å²) in [7, 11) is 0. The fourth-order valence-electron chi connectivity index (χ4n) is 7.01. The van der Waals surface area contributed by atoms with Gasteiger partial charge in [0, 0.05) is 27.7 Å². The molecule has 246 valence electrons. The van der Waals surface area contributed by atoms with E-state index in [0.717, 1.165) is 39.1 Å². The number of carbonyl (C=O) groups is 2. The van der Waals surface area contributed by atoms with Gasteiger partial charge in [0.15, 0.2) is 11.6 Å². The van der Waals surface area contributed by atoms with E-state index in [4.69, 9.17) is 13.1 Å². The maximum atomic E-state index is 14.5. The van der Waals surface area contributed by atoms with Crippen LogP contribution in [0, 0.1) is 60.2 Å². The Bertz CT molecular complexity index is 2430. The molecule has 3 aliphatic rings. The highest BCUT2D eigenvalue weighted by molar-refractivity contribution is 7.26. The highest BCUT2D eigenvalue weighted by Gasteiger charge is 2.45. The van der Waals surface area contributed by atoms with Crippen LogP contribution in [0.25, 0.3) is 30.6 Å². The Hall–Kier alpha value is -6.25. The number of hydrogen-bond donors (Lipinski definition) is 0. The number of allylic oxidation sites excluding steroid dienone is 4. The van der Waals surface area contributed by atoms with Crippen LogP contribution in [0.3, 0.4) is 0 Å². The first-order valence-corrected chi connectivity index (χ1v) is 17.0. The molecule has 0 bridgehead atoms. The minimum absolute atomic E-state index is 0.0217. The van der Waals surface area contributed by atoms with Crippen LogP contribution in [0.15, 0.2) is 57.8 Å². The number of halogens is 3. The van der Waals surface area contributed by atoms with E-state index in [1.54, 1.807) is 6.07 Å². The number of hydrogen-bond acceptors (Lipinski definition) is 8. The molecule has 0 amide bonds. The number of aryl methyl sites for hydroxylation is 1. The van der Waals surface area contributed by atoms with E-state index in [0.29, 0.717) is 22.8 Å². The average molecular weight is 713 g/mol. The molecule has 0 saturated carbocycles. The number of benzene rings is 2. The molecule has 4 aromatic rings. The van der Waals surface area contributed by atoms with E-state index >= 15 is 0 Å². The van der Waals surface area contributed by atoms with Gasteiger partial charge in [-0.15, -0.1) is 22.7 Å². The van der Waals surface area contributed by atoms with Gasteiger partial charge < -0.3 is 0 Å². The number of rotatable bonds is 4. The third-order valence-corrected chi connectivity index (χ3v) is 11.7. The van der Waals surface area contributed by atoms with Crippen molar-refractivity contribution in [1.82, 2.24) is 0 Å². The lowest BCUT2D eigenvalue weighted by Gasteiger charge is -2.27. The van der Waals surface area contributed by atoms with Gasteiger partial charge in [0.25, 0.3) is 11.4 Å². The van der Waals surface area contributed by atoms with Gasteiger partial charge in [-0.2, -0.15) is 0 Å². The van der Waals surface area contributed by atoms with Crippen molar-refractivity contribution in [2.24, 2.45) is 9.98 Å². The van der Waals surface area contributed by atoms with E-state index in [-0.39, 0.29) is 56.1 Å². The van der Waals surface area contributed by atoms with Crippen molar-refractivity contribution < 1.29 is 22.8 Å². The van der Waals surface area contributed by atoms with Gasteiger partial charge in [-0.25, -0.2) is 43.4 Å². The minimum atomic E-state index is -1.24. The maximum Gasteiger partial charge on any atom is 0.271 e. The molecule has 0 aliphatic heterocycles. The molecule has 2 heterocycles. The summed E-state index contributed by atoms with van der Waals surface area (Å²) in [5.74, 6) is -4.41. The summed E-state index contributed by atoms with van der Waals surface area (Å²) in [5, 5.41) is 20.2. The van der Waals surface area contributed by atoms with Crippen molar-refractivity contribution in [2.45, 2.75) is 39.0 Å².